The van der Waals surface area contributed by atoms with E-state index in [-0.39, 0.29) is 11.7 Å². The lowest BCUT2D eigenvalue weighted by molar-refractivity contribution is 0.0943. The Labute approximate surface area is 126 Å². The van der Waals surface area contributed by atoms with E-state index >= 15 is 0 Å². The first kappa shape index (κ1) is 14.5. The minimum atomic E-state index is 0.0501. The molecule has 1 aromatic carbocycles. The molecule has 0 unspecified atom stereocenters. The molecule has 0 spiro atoms. The van der Waals surface area contributed by atoms with Crippen molar-refractivity contribution in [1.82, 2.24) is 0 Å². The van der Waals surface area contributed by atoms with Crippen LogP contribution in [0.3, 0.4) is 0 Å². The topological polar surface area (TPSA) is 17.1 Å². The summed E-state index contributed by atoms with van der Waals surface area (Å²) in [6.07, 6.45) is 0. The van der Waals surface area contributed by atoms with Gasteiger partial charge in [0.2, 0.25) is 0 Å². The number of hydrogen-bond donors (Lipinski definition) is 0. The van der Waals surface area contributed by atoms with Gasteiger partial charge in [0.05, 0.1) is 4.88 Å². The number of thiophene rings is 1. The van der Waals surface area contributed by atoms with Gasteiger partial charge in [0.15, 0.2) is 5.78 Å². The second-order valence-corrected chi connectivity index (χ2v) is 7.06. The quantitative estimate of drug-likeness (QED) is 0.663. The van der Waals surface area contributed by atoms with Crippen molar-refractivity contribution >= 4 is 33.0 Å². The SMILES string of the molecule is Cc1cc(C)c(-c2ccc(C(=O)C(C)C)s2)c(Br)c1. The Morgan fingerprint density at radius 1 is 1.21 bits per heavy atom. The van der Waals surface area contributed by atoms with Crippen LogP contribution in [0, 0.1) is 19.8 Å². The van der Waals surface area contributed by atoms with Crippen LogP contribution >= 0.6 is 27.3 Å². The van der Waals surface area contributed by atoms with Gasteiger partial charge in [-0.2, -0.15) is 0 Å². The molecule has 0 bridgehead atoms. The molecule has 0 radical (unpaired) electrons. The number of carbonyl (C=O) groups excluding carboxylic acids is 1. The van der Waals surface area contributed by atoms with E-state index in [4.69, 9.17) is 0 Å². The fourth-order valence-electron chi connectivity index (χ4n) is 2.12. The monoisotopic (exact) mass is 336 g/mol. The van der Waals surface area contributed by atoms with Crippen LogP contribution in [0.1, 0.15) is 34.6 Å². The molecular weight excluding hydrogens is 320 g/mol. The number of hydrogen-bond acceptors (Lipinski definition) is 2. The first-order valence-electron chi connectivity index (χ1n) is 6.31. The summed E-state index contributed by atoms with van der Waals surface area (Å²) in [5.41, 5.74) is 3.67. The summed E-state index contributed by atoms with van der Waals surface area (Å²) < 4.78 is 1.09. The number of benzene rings is 1. The Hall–Kier alpha value is -0.930. The molecule has 1 aromatic heterocycles. The molecule has 0 aliphatic carbocycles. The van der Waals surface area contributed by atoms with Gasteiger partial charge in [-0.05, 0) is 43.2 Å². The van der Waals surface area contributed by atoms with Crippen LogP contribution in [0.2, 0.25) is 0 Å². The van der Waals surface area contributed by atoms with E-state index in [0.717, 1.165) is 14.2 Å². The maximum absolute atomic E-state index is 12.0. The lowest BCUT2D eigenvalue weighted by Gasteiger charge is -2.08. The van der Waals surface area contributed by atoms with Crippen LogP contribution in [0.25, 0.3) is 10.4 Å². The van der Waals surface area contributed by atoms with Crippen LogP contribution in [0.4, 0.5) is 0 Å². The summed E-state index contributed by atoms with van der Waals surface area (Å²) in [5.74, 6) is 0.270. The van der Waals surface area contributed by atoms with Crippen molar-refractivity contribution in [1.29, 1.82) is 0 Å². The van der Waals surface area contributed by atoms with Gasteiger partial charge >= 0.3 is 0 Å². The largest absolute Gasteiger partial charge is 0.293 e. The zero-order chi connectivity index (χ0) is 14.2. The number of halogens is 1. The molecule has 3 heteroatoms. The van der Waals surface area contributed by atoms with Gasteiger partial charge in [-0.3, -0.25) is 4.79 Å². The highest BCUT2D eigenvalue weighted by Gasteiger charge is 2.15. The first-order valence-corrected chi connectivity index (χ1v) is 7.92. The first-order chi connectivity index (χ1) is 8.90. The van der Waals surface area contributed by atoms with Crippen molar-refractivity contribution < 1.29 is 4.79 Å². The van der Waals surface area contributed by atoms with Crippen LogP contribution in [0.15, 0.2) is 28.7 Å². The van der Waals surface area contributed by atoms with E-state index in [1.165, 1.54) is 16.7 Å². The second-order valence-electron chi connectivity index (χ2n) is 5.12. The molecule has 0 aliphatic rings. The molecule has 2 aromatic rings. The molecular formula is C16H17BrOS. The summed E-state index contributed by atoms with van der Waals surface area (Å²) in [6, 6.07) is 8.27. The molecule has 0 atom stereocenters. The lowest BCUT2D eigenvalue weighted by Crippen LogP contribution is -2.04. The maximum Gasteiger partial charge on any atom is 0.175 e. The Balaban J connectivity index is 2.47. The molecule has 0 saturated carbocycles. The van der Waals surface area contributed by atoms with Crippen molar-refractivity contribution in [3.05, 3.63) is 44.7 Å². The normalized spacial score (nSPS) is 11.1. The van der Waals surface area contributed by atoms with Gasteiger partial charge in [0, 0.05) is 20.8 Å². The van der Waals surface area contributed by atoms with E-state index in [0.29, 0.717) is 0 Å². The number of aryl methyl sites for hydroxylation is 2. The predicted octanol–water partition coefficient (Wildman–Crippen LogP) is 5.63. The van der Waals surface area contributed by atoms with Crippen LogP contribution in [0.5, 0.6) is 0 Å². The summed E-state index contributed by atoms with van der Waals surface area (Å²) >= 11 is 5.21. The Morgan fingerprint density at radius 3 is 2.47 bits per heavy atom. The van der Waals surface area contributed by atoms with E-state index in [1.54, 1.807) is 11.3 Å². The standard InChI is InChI=1S/C16H17BrOS/c1-9(2)16(18)14-6-5-13(19-14)15-11(4)7-10(3)8-12(15)17/h5-9H,1-4H3. The van der Waals surface area contributed by atoms with Crippen molar-refractivity contribution in [2.24, 2.45) is 5.92 Å². The van der Waals surface area contributed by atoms with Crippen LogP contribution < -0.4 is 0 Å². The van der Waals surface area contributed by atoms with Crippen molar-refractivity contribution in [3.8, 4) is 10.4 Å². The van der Waals surface area contributed by atoms with Crippen molar-refractivity contribution in [2.45, 2.75) is 27.7 Å². The summed E-state index contributed by atoms with van der Waals surface area (Å²) in [5, 5.41) is 0. The Bertz CT molecular complexity index is 602. The van der Waals surface area contributed by atoms with Gasteiger partial charge in [0.1, 0.15) is 0 Å². The molecule has 2 rings (SSSR count). The third-order valence-electron chi connectivity index (χ3n) is 3.05. The highest BCUT2D eigenvalue weighted by molar-refractivity contribution is 9.10. The molecule has 0 N–H and O–H groups in total. The molecule has 19 heavy (non-hydrogen) atoms. The summed E-state index contributed by atoms with van der Waals surface area (Å²) in [4.78, 5) is 14.0. The highest BCUT2D eigenvalue weighted by Crippen LogP contribution is 2.37. The molecule has 0 fully saturated rings. The fraction of sp³-hybridized carbons (Fsp3) is 0.312. The smallest absolute Gasteiger partial charge is 0.175 e. The van der Waals surface area contributed by atoms with Crippen LogP contribution in [-0.2, 0) is 0 Å². The van der Waals surface area contributed by atoms with E-state index in [2.05, 4.69) is 41.9 Å². The van der Waals surface area contributed by atoms with E-state index in [1.807, 2.05) is 26.0 Å². The Morgan fingerprint density at radius 2 is 1.89 bits per heavy atom. The maximum atomic E-state index is 12.0. The fourth-order valence-corrected chi connectivity index (χ4v) is 4.35. The highest BCUT2D eigenvalue weighted by atomic mass is 79.9. The van der Waals surface area contributed by atoms with Gasteiger partial charge in [-0.15, -0.1) is 11.3 Å². The third kappa shape index (κ3) is 2.98. The molecule has 100 valence electrons. The van der Waals surface area contributed by atoms with Crippen LogP contribution in [-0.4, -0.2) is 5.78 Å². The minimum absolute atomic E-state index is 0.0501. The zero-order valence-electron chi connectivity index (χ0n) is 11.6. The zero-order valence-corrected chi connectivity index (χ0v) is 14.0. The molecule has 1 heterocycles. The molecule has 0 amide bonds. The molecule has 0 aliphatic heterocycles. The lowest BCUT2D eigenvalue weighted by atomic mass is 10.0. The predicted molar refractivity (Wildman–Crippen MR) is 86.1 cm³/mol. The number of rotatable bonds is 3. The van der Waals surface area contributed by atoms with Gasteiger partial charge < -0.3 is 0 Å². The average molecular weight is 337 g/mol. The summed E-state index contributed by atoms with van der Waals surface area (Å²) in [7, 11) is 0. The number of ketones is 1. The van der Waals surface area contributed by atoms with Crippen molar-refractivity contribution in [2.75, 3.05) is 0 Å². The molecule has 0 saturated heterocycles. The molecule has 1 nitrogen and oxygen atoms in total. The van der Waals surface area contributed by atoms with Gasteiger partial charge in [0.25, 0.3) is 0 Å². The summed E-state index contributed by atoms with van der Waals surface area (Å²) in [6.45, 7) is 8.07. The van der Waals surface area contributed by atoms with E-state index < -0.39 is 0 Å². The van der Waals surface area contributed by atoms with Crippen molar-refractivity contribution in [3.63, 3.8) is 0 Å². The average Bonchev–Trinajstić information content (AvgIpc) is 2.75. The number of carbonyl (C=O) groups is 1. The Kier molecular flexibility index (Phi) is 4.26. The minimum Gasteiger partial charge on any atom is -0.293 e. The third-order valence-corrected chi connectivity index (χ3v) is 4.79. The van der Waals surface area contributed by atoms with E-state index in [9.17, 15) is 4.79 Å². The van der Waals surface area contributed by atoms with Gasteiger partial charge in [-0.25, -0.2) is 0 Å². The number of Topliss-reactive ketones (excluding diaryl/α,β-unsaturated/α-hetero) is 1. The second kappa shape index (κ2) is 5.59. The van der Waals surface area contributed by atoms with Gasteiger partial charge in [-0.1, -0.05) is 35.8 Å².